The van der Waals surface area contributed by atoms with Gasteiger partial charge in [0.05, 0.1) is 0 Å². The molecule has 2 atom stereocenters. The van der Waals surface area contributed by atoms with Crippen molar-refractivity contribution >= 4 is 0 Å². The Morgan fingerprint density at radius 2 is 2.00 bits per heavy atom. The molecule has 1 aromatic rings. The molecule has 1 aliphatic heterocycles. The van der Waals surface area contributed by atoms with Gasteiger partial charge in [0.15, 0.2) is 0 Å². The lowest BCUT2D eigenvalue weighted by Crippen LogP contribution is -3.14. The van der Waals surface area contributed by atoms with Gasteiger partial charge in [-0.3, -0.25) is 4.79 Å². The SMILES string of the molecule is CC1C[NH+](Cc2oc(CO)cc(=O)c2O)CC(C)O1. The second kappa shape index (κ2) is 5.73. The Morgan fingerprint density at radius 1 is 1.37 bits per heavy atom. The maximum absolute atomic E-state index is 11.5. The van der Waals surface area contributed by atoms with Crippen molar-refractivity contribution < 1.29 is 24.3 Å². The molecule has 1 fully saturated rings. The van der Waals surface area contributed by atoms with Crippen LogP contribution in [0.5, 0.6) is 5.75 Å². The monoisotopic (exact) mass is 270 g/mol. The number of hydrogen-bond donors (Lipinski definition) is 3. The van der Waals surface area contributed by atoms with Crippen molar-refractivity contribution in [2.75, 3.05) is 13.1 Å². The van der Waals surface area contributed by atoms with Gasteiger partial charge in [-0.05, 0) is 13.8 Å². The van der Waals surface area contributed by atoms with E-state index in [2.05, 4.69) is 0 Å². The Bertz CT molecular complexity index is 488. The molecule has 6 nitrogen and oxygen atoms in total. The van der Waals surface area contributed by atoms with Gasteiger partial charge in [0.25, 0.3) is 0 Å². The molecule has 0 bridgehead atoms. The topological polar surface area (TPSA) is 84.3 Å². The number of aliphatic hydroxyl groups is 1. The first-order chi connectivity index (χ1) is 8.99. The van der Waals surface area contributed by atoms with Crippen LogP contribution in [0.25, 0.3) is 0 Å². The normalized spacial score (nSPS) is 27.4. The summed E-state index contributed by atoms with van der Waals surface area (Å²) in [6.07, 6.45) is 0.266. The lowest BCUT2D eigenvalue weighted by atomic mass is 10.2. The highest BCUT2D eigenvalue weighted by Gasteiger charge is 2.27. The van der Waals surface area contributed by atoms with E-state index in [1.54, 1.807) is 0 Å². The van der Waals surface area contributed by atoms with Crippen LogP contribution < -0.4 is 10.3 Å². The van der Waals surface area contributed by atoms with Gasteiger partial charge in [-0.2, -0.15) is 0 Å². The Balaban J connectivity index is 2.18. The minimum absolute atomic E-state index is 0.133. The largest absolute Gasteiger partial charge is 0.502 e. The molecule has 106 valence electrons. The summed E-state index contributed by atoms with van der Waals surface area (Å²) in [4.78, 5) is 12.7. The second-order valence-electron chi connectivity index (χ2n) is 5.10. The zero-order valence-corrected chi connectivity index (χ0v) is 11.2. The fourth-order valence-electron chi connectivity index (χ4n) is 2.55. The zero-order valence-electron chi connectivity index (χ0n) is 11.2. The number of aliphatic hydroxyl groups excluding tert-OH is 1. The fourth-order valence-corrected chi connectivity index (χ4v) is 2.55. The Morgan fingerprint density at radius 3 is 2.58 bits per heavy atom. The van der Waals surface area contributed by atoms with Gasteiger partial charge in [0, 0.05) is 6.07 Å². The highest BCUT2D eigenvalue weighted by atomic mass is 16.5. The van der Waals surface area contributed by atoms with E-state index in [0.717, 1.165) is 19.2 Å². The minimum atomic E-state index is -0.515. The molecule has 1 saturated heterocycles. The molecule has 0 aromatic carbocycles. The van der Waals surface area contributed by atoms with Crippen molar-refractivity contribution in [3.63, 3.8) is 0 Å². The van der Waals surface area contributed by atoms with Crippen molar-refractivity contribution in [1.29, 1.82) is 0 Å². The number of rotatable bonds is 3. The van der Waals surface area contributed by atoms with E-state index in [1.807, 2.05) is 13.8 Å². The smallest absolute Gasteiger partial charge is 0.227 e. The Labute approximate surface area is 111 Å². The molecule has 0 saturated carbocycles. The maximum atomic E-state index is 11.5. The first-order valence-corrected chi connectivity index (χ1v) is 6.44. The summed E-state index contributed by atoms with van der Waals surface area (Å²) in [5, 5.41) is 18.8. The molecule has 0 spiro atoms. The summed E-state index contributed by atoms with van der Waals surface area (Å²) < 4.78 is 11.0. The Hall–Kier alpha value is -1.37. The molecule has 2 heterocycles. The van der Waals surface area contributed by atoms with E-state index in [9.17, 15) is 9.90 Å². The van der Waals surface area contributed by atoms with E-state index in [-0.39, 0.29) is 36.1 Å². The molecule has 3 N–H and O–H groups in total. The van der Waals surface area contributed by atoms with Crippen molar-refractivity contribution in [2.45, 2.75) is 39.2 Å². The summed E-state index contributed by atoms with van der Waals surface area (Å²) in [6, 6.07) is 1.11. The third kappa shape index (κ3) is 3.34. The lowest BCUT2D eigenvalue weighted by Gasteiger charge is -2.32. The van der Waals surface area contributed by atoms with Gasteiger partial charge < -0.3 is 24.3 Å². The predicted octanol–water partition coefficient (Wildman–Crippen LogP) is -0.970. The van der Waals surface area contributed by atoms with Crippen LogP contribution in [-0.2, 0) is 17.9 Å². The number of nitrogens with one attached hydrogen (secondary N) is 1. The van der Waals surface area contributed by atoms with Crippen molar-refractivity contribution in [1.82, 2.24) is 0 Å². The third-order valence-electron chi connectivity index (χ3n) is 3.23. The van der Waals surface area contributed by atoms with Crippen LogP contribution in [0.4, 0.5) is 0 Å². The molecule has 0 amide bonds. The summed E-state index contributed by atoms with van der Waals surface area (Å²) in [6.45, 7) is 5.63. The van der Waals surface area contributed by atoms with Gasteiger partial charge in [0.2, 0.25) is 16.9 Å². The fraction of sp³-hybridized carbons (Fsp3) is 0.615. The zero-order chi connectivity index (χ0) is 14.0. The van der Waals surface area contributed by atoms with Crippen LogP contribution in [0.1, 0.15) is 25.4 Å². The number of hydrogen-bond acceptors (Lipinski definition) is 5. The number of ether oxygens (including phenoxy) is 1. The summed E-state index contributed by atoms with van der Waals surface area (Å²) >= 11 is 0. The van der Waals surface area contributed by atoms with E-state index >= 15 is 0 Å². The first kappa shape index (κ1) is 14.0. The molecule has 0 radical (unpaired) electrons. The van der Waals surface area contributed by atoms with Crippen LogP contribution in [0, 0.1) is 0 Å². The molecule has 19 heavy (non-hydrogen) atoms. The van der Waals surface area contributed by atoms with Crippen LogP contribution in [0.3, 0.4) is 0 Å². The van der Waals surface area contributed by atoms with E-state index < -0.39 is 5.43 Å². The highest BCUT2D eigenvalue weighted by molar-refractivity contribution is 5.24. The van der Waals surface area contributed by atoms with E-state index in [0.29, 0.717) is 6.54 Å². The van der Waals surface area contributed by atoms with Crippen LogP contribution in [0.2, 0.25) is 0 Å². The van der Waals surface area contributed by atoms with Gasteiger partial charge in [-0.15, -0.1) is 0 Å². The minimum Gasteiger partial charge on any atom is -0.502 e. The standard InChI is InChI=1S/C13H19NO5/c1-8-4-14(5-9(2)18-8)6-12-13(17)11(16)3-10(7-15)19-12/h3,8-9,15,17H,4-7H2,1-2H3/p+1. The average molecular weight is 270 g/mol. The predicted molar refractivity (Wildman–Crippen MR) is 67.0 cm³/mol. The van der Waals surface area contributed by atoms with Gasteiger partial charge in [-0.1, -0.05) is 0 Å². The van der Waals surface area contributed by atoms with E-state index in [1.165, 1.54) is 4.90 Å². The maximum Gasteiger partial charge on any atom is 0.227 e. The lowest BCUT2D eigenvalue weighted by molar-refractivity contribution is -0.929. The molecule has 1 aromatic heterocycles. The van der Waals surface area contributed by atoms with Crippen LogP contribution >= 0.6 is 0 Å². The van der Waals surface area contributed by atoms with Crippen LogP contribution in [0.15, 0.2) is 15.3 Å². The van der Waals surface area contributed by atoms with Crippen LogP contribution in [-0.4, -0.2) is 35.5 Å². The van der Waals surface area contributed by atoms with Crippen molar-refractivity contribution in [3.8, 4) is 5.75 Å². The molecule has 1 aliphatic rings. The van der Waals surface area contributed by atoms with Gasteiger partial charge >= 0.3 is 0 Å². The molecule has 6 heteroatoms. The van der Waals surface area contributed by atoms with Crippen molar-refractivity contribution in [2.24, 2.45) is 0 Å². The van der Waals surface area contributed by atoms with Crippen molar-refractivity contribution in [3.05, 3.63) is 27.8 Å². The van der Waals surface area contributed by atoms with E-state index in [4.69, 9.17) is 14.3 Å². The highest BCUT2D eigenvalue weighted by Crippen LogP contribution is 2.13. The summed E-state index contributed by atoms with van der Waals surface area (Å²) in [5.74, 6) is 0.0379. The average Bonchev–Trinajstić information content (AvgIpc) is 2.33. The second-order valence-corrected chi connectivity index (χ2v) is 5.10. The molecule has 2 unspecified atom stereocenters. The Kier molecular flexibility index (Phi) is 4.24. The molecule has 2 rings (SSSR count). The molecule has 0 aliphatic carbocycles. The third-order valence-corrected chi connectivity index (χ3v) is 3.23. The summed E-state index contributed by atoms with van der Waals surface area (Å²) in [5.41, 5.74) is -0.515. The number of morpholine rings is 1. The number of aromatic hydroxyl groups is 1. The molecular formula is C13H20NO5+. The first-order valence-electron chi connectivity index (χ1n) is 6.44. The molecular weight excluding hydrogens is 250 g/mol. The van der Waals surface area contributed by atoms with Gasteiger partial charge in [-0.25, -0.2) is 0 Å². The number of quaternary nitrogens is 1. The van der Waals surface area contributed by atoms with Gasteiger partial charge in [0.1, 0.15) is 44.2 Å². The quantitative estimate of drug-likeness (QED) is 0.658. The summed E-state index contributed by atoms with van der Waals surface area (Å²) in [7, 11) is 0.